The Labute approximate surface area is 101 Å². The molecule has 2 rings (SSSR count). The molecule has 5 heteroatoms. The lowest BCUT2D eigenvalue weighted by Gasteiger charge is -2.16. The van der Waals surface area contributed by atoms with Gasteiger partial charge in [0.15, 0.2) is 0 Å². The standard InChI is InChI=1S/C12H9ClF3N/c13-10-3-1-2-7-6-8(4-5-9(7)10)11(17)12(14,15)16/h1-6,11H,17H2/t11-/m0/s1. The second-order valence-corrected chi connectivity index (χ2v) is 4.15. The van der Waals surface area contributed by atoms with Crippen LogP contribution in [-0.4, -0.2) is 6.18 Å². The highest BCUT2D eigenvalue weighted by molar-refractivity contribution is 6.35. The van der Waals surface area contributed by atoms with Crippen LogP contribution in [0.3, 0.4) is 0 Å². The van der Waals surface area contributed by atoms with E-state index < -0.39 is 12.2 Å². The highest BCUT2D eigenvalue weighted by Gasteiger charge is 2.37. The smallest absolute Gasteiger partial charge is 0.316 e. The average molecular weight is 260 g/mol. The maximum absolute atomic E-state index is 12.5. The summed E-state index contributed by atoms with van der Waals surface area (Å²) in [6.07, 6.45) is -4.44. The van der Waals surface area contributed by atoms with Crippen molar-refractivity contribution in [1.29, 1.82) is 0 Å². The first-order valence-electron chi connectivity index (χ1n) is 4.90. The van der Waals surface area contributed by atoms with Crippen molar-refractivity contribution in [2.45, 2.75) is 12.2 Å². The minimum absolute atomic E-state index is 0.0345. The summed E-state index contributed by atoms with van der Waals surface area (Å²) < 4.78 is 37.4. The van der Waals surface area contributed by atoms with E-state index in [0.29, 0.717) is 15.8 Å². The Bertz CT molecular complexity index is 551. The van der Waals surface area contributed by atoms with Gasteiger partial charge >= 0.3 is 6.18 Å². The summed E-state index contributed by atoms with van der Waals surface area (Å²) in [5, 5.41) is 1.87. The van der Waals surface area contributed by atoms with Gasteiger partial charge in [-0.05, 0) is 23.1 Å². The van der Waals surface area contributed by atoms with Crippen molar-refractivity contribution in [3.63, 3.8) is 0 Å². The number of hydrogen-bond acceptors (Lipinski definition) is 1. The molecule has 0 spiro atoms. The van der Waals surface area contributed by atoms with Gasteiger partial charge in [-0.25, -0.2) is 0 Å². The van der Waals surface area contributed by atoms with Crippen LogP contribution in [0.1, 0.15) is 11.6 Å². The van der Waals surface area contributed by atoms with Crippen LogP contribution in [0.5, 0.6) is 0 Å². The molecule has 0 radical (unpaired) electrons. The van der Waals surface area contributed by atoms with Crippen LogP contribution in [0.4, 0.5) is 13.2 Å². The molecule has 0 fully saturated rings. The van der Waals surface area contributed by atoms with Crippen LogP contribution >= 0.6 is 11.6 Å². The summed E-state index contributed by atoms with van der Waals surface area (Å²) in [4.78, 5) is 0. The first kappa shape index (κ1) is 12.2. The molecule has 0 heterocycles. The molecule has 0 bridgehead atoms. The summed E-state index contributed by atoms with van der Waals surface area (Å²) in [6.45, 7) is 0. The second kappa shape index (κ2) is 4.20. The van der Waals surface area contributed by atoms with E-state index in [1.54, 1.807) is 24.3 Å². The molecule has 0 aliphatic heterocycles. The number of rotatable bonds is 1. The SMILES string of the molecule is N[C@@H](c1ccc2c(Cl)cccc2c1)C(F)(F)F. The van der Waals surface area contributed by atoms with E-state index in [9.17, 15) is 13.2 Å². The first-order valence-corrected chi connectivity index (χ1v) is 5.28. The Hall–Kier alpha value is -1.26. The largest absolute Gasteiger partial charge is 0.407 e. The van der Waals surface area contributed by atoms with E-state index >= 15 is 0 Å². The molecule has 17 heavy (non-hydrogen) atoms. The quantitative estimate of drug-likeness (QED) is 0.821. The molecule has 2 aromatic rings. The molecule has 2 aromatic carbocycles. The van der Waals surface area contributed by atoms with Crippen LogP contribution in [0.25, 0.3) is 10.8 Å². The van der Waals surface area contributed by atoms with E-state index in [1.165, 1.54) is 12.1 Å². The third kappa shape index (κ3) is 2.37. The molecule has 2 N–H and O–H groups in total. The zero-order chi connectivity index (χ0) is 12.6. The number of benzene rings is 2. The van der Waals surface area contributed by atoms with E-state index in [4.69, 9.17) is 17.3 Å². The van der Waals surface area contributed by atoms with Crippen LogP contribution < -0.4 is 5.73 Å². The van der Waals surface area contributed by atoms with Crippen molar-refractivity contribution >= 4 is 22.4 Å². The molecule has 0 aliphatic carbocycles. The fourth-order valence-electron chi connectivity index (χ4n) is 1.65. The van der Waals surface area contributed by atoms with Gasteiger partial charge in [0.1, 0.15) is 6.04 Å². The molecule has 0 amide bonds. The molecule has 0 unspecified atom stereocenters. The number of hydrogen-bond donors (Lipinski definition) is 1. The fraction of sp³-hybridized carbons (Fsp3) is 0.167. The molecule has 90 valence electrons. The van der Waals surface area contributed by atoms with Gasteiger partial charge in [-0.3, -0.25) is 0 Å². The van der Waals surface area contributed by atoms with Gasteiger partial charge in [0, 0.05) is 10.4 Å². The van der Waals surface area contributed by atoms with Crippen molar-refractivity contribution < 1.29 is 13.2 Å². The topological polar surface area (TPSA) is 26.0 Å². The predicted molar refractivity (Wildman–Crippen MR) is 61.9 cm³/mol. The van der Waals surface area contributed by atoms with Crippen molar-refractivity contribution in [3.05, 3.63) is 47.0 Å². The third-order valence-electron chi connectivity index (χ3n) is 2.56. The summed E-state index contributed by atoms with van der Waals surface area (Å²) >= 11 is 5.93. The summed E-state index contributed by atoms with van der Waals surface area (Å²) in [5.74, 6) is 0. The van der Waals surface area contributed by atoms with Crippen molar-refractivity contribution in [2.75, 3.05) is 0 Å². The van der Waals surface area contributed by atoms with Crippen molar-refractivity contribution in [2.24, 2.45) is 5.73 Å². The maximum Gasteiger partial charge on any atom is 0.407 e. The summed E-state index contributed by atoms with van der Waals surface area (Å²) in [7, 11) is 0. The molecule has 0 aliphatic rings. The molecular weight excluding hydrogens is 251 g/mol. The number of halogens is 4. The Kier molecular flexibility index (Phi) is 3.02. The normalized spacial score (nSPS) is 13.9. The molecular formula is C12H9ClF3N. The Morgan fingerprint density at radius 1 is 1.12 bits per heavy atom. The van der Waals surface area contributed by atoms with Gasteiger partial charge in [-0.15, -0.1) is 0 Å². The Morgan fingerprint density at radius 3 is 2.47 bits per heavy atom. The first-order chi connectivity index (χ1) is 7.89. The Balaban J connectivity index is 2.52. The van der Waals surface area contributed by atoms with Gasteiger partial charge in [-0.1, -0.05) is 35.9 Å². The van der Waals surface area contributed by atoms with Gasteiger partial charge < -0.3 is 5.73 Å². The van der Waals surface area contributed by atoms with E-state index in [0.717, 1.165) is 0 Å². The number of fused-ring (bicyclic) bond motifs is 1. The lowest BCUT2D eigenvalue weighted by Crippen LogP contribution is -2.28. The van der Waals surface area contributed by atoms with Gasteiger partial charge in [0.2, 0.25) is 0 Å². The number of alkyl halides is 3. The molecule has 0 saturated carbocycles. The van der Waals surface area contributed by atoms with Crippen LogP contribution in [0, 0.1) is 0 Å². The van der Waals surface area contributed by atoms with E-state index in [2.05, 4.69) is 0 Å². The summed E-state index contributed by atoms with van der Waals surface area (Å²) in [5.41, 5.74) is 5.18. The number of nitrogens with two attached hydrogens (primary N) is 1. The molecule has 1 atom stereocenters. The van der Waals surface area contributed by atoms with Gasteiger partial charge in [0.25, 0.3) is 0 Å². The predicted octanol–water partition coefficient (Wildman–Crippen LogP) is 4.06. The second-order valence-electron chi connectivity index (χ2n) is 3.74. The average Bonchev–Trinajstić information content (AvgIpc) is 2.26. The zero-order valence-corrected chi connectivity index (χ0v) is 9.39. The molecule has 1 nitrogen and oxygen atoms in total. The van der Waals surface area contributed by atoms with Crippen LogP contribution in [0.2, 0.25) is 5.02 Å². The van der Waals surface area contributed by atoms with E-state index in [1.807, 2.05) is 0 Å². The van der Waals surface area contributed by atoms with E-state index in [-0.39, 0.29) is 5.56 Å². The summed E-state index contributed by atoms with van der Waals surface area (Å²) in [6, 6.07) is 7.43. The Morgan fingerprint density at radius 2 is 1.82 bits per heavy atom. The molecule has 0 saturated heterocycles. The maximum atomic E-state index is 12.5. The lowest BCUT2D eigenvalue weighted by atomic mass is 10.0. The minimum Gasteiger partial charge on any atom is -0.316 e. The monoisotopic (exact) mass is 259 g/mol. The zero-order valence-electron chi connectivity index (χ0n) is 8.63. The lowest BCUT2D eigenvalue weighted by molar-refractivity contribution is -0.149. The van der Waals surface area contributed by atoms with Crippen LogP contribution in [0.15, 0.2) is 36.4 Å². The third-order valence-corrected chi connectivity index (χ3v) is 2.89. The van der Waals surface area contributed by atoms with Crippen molar-refractivity contribution in [3.8, 4) is 0 Å². The van der Waals surface area contributed by atoms with Crippen LogP contribution in [-0.2, 0) is 0 Å². The van der Waals surface area contributed by atoms with Gasteiger partial charge in [0.05, 0.1) is 0 Å². The fourth-order valence-corrected chi connectivity index (χ4v) is 1.89. The van der Waals surface area contributed by atoms with Crippen molar-refractivity contribution in [1.82, 2.24) is 0 Å². The highest BCUT2D eigenvalue weighted by atomic mass is 35.5. The highest BCUT2D eigenvalue weighted by Crippen LogP contribution is 2.33. The molecule has 0 aromatic heterocycles. The van der Waals surface area contributed by atoms with Gasteiger partial charge in [-0.2, -0.15) is 13.2 Å². The minimum atomic E-state index is -4.44.